The van der Waals surface area contributed by atoms with Crippen molar-refractivity contribution in [1.82, 2.24) is 19.8 Å². The number of hydrogen-bond acceptors (Lipinski definition) is 4. The Hall–Kier alpha value is -2.09. The van der Waals surface area contributed by atoms with Gasteiger partial charge in [-0.25, -0.2) is 4.98 Å². The van der Waals surface area contributed by atoms with Crippen molar-refractivity contribution in [3.05, 3.63) is 57.8 Å². The lowest BCUT2D eigenvalue weighted by Crippen LogP contribution is -2.53. The van der Waals surface area contributed by atoms with E-state index < -0.39 is 0 Å². The Morgan fingerprint density at radius 3 is 2.72 bits per heavy atom. The lowest BCUT2D eigenvalue weighted by atomic mass is 10.1. The average Bonchev–Trinajstić information content (AvgIpc) is 3.48. The molecule has 2 atom stereocenters. The third kappa shape index (κ3) is 4.14. The molecule has 0 spiro atoms. The number of anilines is 1. The van der Waals surface area contributed by atoms with E-state index in [1.807, 2.05) is 23.4 Å². The second-order valence-corrected chi connectivity index (χ2v) is 9.92. The summed E-state index contributed by atoms with van der Waals surface area (Å²) in [6.07, 6.45) is 3.96. The molecule has 2 aliphatic heterocycles. The second kappa shape index (κ2) is 9.04. The molecule has 1 N–H and O–H groups in total. The normalized spacial score (nSPS) is 20.2. The van der Waals surface area contributed by atoms with Gasteiger partial charge >= 0.3 is 0 Å². The van der Waals surface area contributed by atoms with Gasteiger partial charge < -0.3 is 19.7 Å². The summed E-state index contributed by atoms with van der Waals surface area (Å²) >= 11 is 9.79. The van der Waals surface area contributed by atoms with Crippen LogP contribution in [0.25, 0.3) is 11.0 Å². The number of rotatable bonds is 4. The zero-order chi connectivity index (χ0) is 22.2. The van der Waals surface area contributed by atoms with Crippen LogP contribution in [-0.4, -0.2) is 59.1 Å². The molecule has 2 aromatic carbocycles. The second-order valence-electron chi connectivity index (χ2n) is 8.63. The average molecular weight is 517 g/mol. The van der Waals surface area contributed by atoms with Crippen LogP contribution in [-0.2, 0) is 4.79 Å². The zero-order valence-electron chi connectivity index (χ0n) is 18.1. The van der Waals surface area contributed by atoms with Crippen molar-refractivity contribution in [2.75, 3.05) is 37.6 Å². The molecular weight excluding hydrogens is 490 g/mol. The van der Waals surface area contributed by atoms with Crippen molar-refractivity contribution in [3.63, 3.8) is 0 Å². The first-order valence-corrected chi connectivity index (χ1v) is 12.4. The highest BCUT2D eigenvalue weighted by molar-refractivity contribution is 9.10. The molecule has 0 aliphatic carbocycles. The molecule has 3 heterocycles. The van der Waals surface area contributed by atoms with Gasteiger partial charge in [0.05, 0.1) is 29.4 Å². The molecule has 32 heavy (non-hydrogen) atoms. The molecule has 6 nitrogen and oxygen atoms in total. The molecule has 0 saturated carbocycles. The van der Waals surface area contributed by atoms with Crippen LogP contribution in [0.3, 0.4) is 0 Å². The molecule has 168 valence electrons. The number of fused-ring (bicyclic) bond motifs is 1. The minimum absolute atomic E-state index is 0.0148. The maximum atomic E-state index is 12.7. The van der Waals surface area contributed by atoms with Crippen LogP contribution in [0.4, 0.5) is 5.69 Å². The summed E-state index contributed by atoms with van der Waals surface area (Å²) in [7, 11) is 0. The molecular formula is C24H27BrClN5O. The van der Waals surface area contributed by atoms with E-state index in [1.54, 1.807) is 0 Å². The number of nitrogens with zero attached hydrogens (tertiary/aromatic N) is 4. The van der Waals surface area contributed by atoms with Crippen molar-refractivity contribution in [1.29, 1.82) is 0 Å². The van der Waals surface area contributed by atoms with Crippen molar-refractivity contribution in [3.8, 4) is 0 Å². The van der Waals surface area contributed by atoms with E-state index in [-0.39, 0.29) is 18.0 Å². The minimum Gasteiger partial charge on any atom is -0.368 e. The predicted molar refractivity (Wildman–Crippen MR) is 133 cm³/mol. The number of carbonyl (C=O) groups excluding carboxylic acids is 1. The topological polar surface area (TPSA) is 53.4 Å². The standard InChI is InChI=1S/C24H27BrClN5O/c1-16(19-6-4-17(26)13-20(19)25)31-15-28-21-7-5-18(14-23(21)31)29-9-11-30(12-10-29)24(32)22-3-2-8-27-22/h4-7,13-16,22,27H,2-3,8-12H2,1H3/t16-,22-/m1/s1. The maximum Gasteiger partial charge on any atom is 0.239 e. The van der Waals surface area contributed by atoms with E-state index >= 15 is 0 Å². The molecule has 2 saturated heterocycles. The Bertz CT molecular complexity index is 1130. The number of benzene rings is 2. The lowest BCUT2D eigenvalue weighted by Gasteiger charge is -2.37. The van der Waals surface area contributed by atoms with E-state index in [4.69, 9.17) is 11.6 Å². The summed E-state index contributed by atoms with van der Waals surface area (Å²) in [6.45, 7) is 6.34. The van der Waals surface area contributed by atoms with Crippen LogP contribution < -0.4 is 10.2 Å². The first-order valence-electron chi connectivity index (χ1n) is 11.2. The Labute approximate surface area is 201 Å². The monoisotopic (exact) mass is 515 g/mol. The smallest absolute Gasteiger partial charge is 0.239 e. The van der Waals surface area contributed by atoms with Crippen LogP contribution in [0, 0.1) is 0 Å². The molecule has 2 fully saturated rings. The molecule has 5 rings (SSSR count). The molecule has 8 heteroatoms. The van der Waals surface area contributed by atoms with E-state index in [0.717, 1.165) is 66.6 Å². The SMILES string of the molecule is C[C@H](c1ccc(Cl)cc1Br)n1cnc2ccc(N3CCN(C(=O)[C@H]4CCCN4)CC3)cc21. The largest absolute Gasteiger partial charge is 0.368 e. The number of amides is 1. The van der Waals surface area contributed by atoms with Gasteiger partial charge in [0.2, 0.25) is 5.91 Å². The first kappa shape index (κ1) is 21.7. The van der Waals surface area contributed by atoms with Gasteiger partial charge in [-0.05, 0) is 62.2 Å². The summed E-state index contributed by atoms with van der Waals surface area (Å²) in [6, 6.07) is 12.5. The predicted octanol–water partition coefficient (Wildman–Crippen LogP) is 4.46. The Morgan fingerprint density at radius 2 is 2.00 bits per heavy atom. The van der Waals surface area contributed by atoms with E-state index in [9.17, 15) is 4.79 Å². The van der Waals surface area contributed by atoms with Crippen molar-refractivity contribution >= 4 is 50.2 Å². The van der Waals surface area contributed by atoms with Gasteiger partial charge in [-0.15, -0.1) is 0 Å². The number of nitrogens with one attached hydrogen (secondary N) is 1. The van der Waals surface area contributed by atoms with Crippen LogP contribution in [0.15, 0.2) is 47.2 Å². The van der Waals surface area contributed by atoms with Crippen molar-refractivity contribution in [2.45, 2.75) is 31.8 Å². The number of piperazine rings is 1. The van der Waals surface area contributed by atoms with Gasteiger partial charge in [0, 0.05) is 41.4 Å². The van der Waals surface area contributed by atoms with Crippen LogP contribution in [0.5, 0.6) is 0 Å². The highest BCUT2D eigenvalue weighted by atomic mass is 79.9. The summed E-state index contributed by atoms with van der Waals surface area (Å²) in [5, 5.41) is 4.04. The van der Waals surface area contributed by atoms with Crippen molar-refractivity contribution < 1.29 is 4.79 Å². The third-order valence-electron chi connectivity index (χ3n) is 6.70. The quantitative estimate of drug-likeness (QED) is 0.556. The fourth-order valence-corrected chi connectivity index (χ4v) is 5.82. The molecule has 2 aliphatic rings. The van der Waals surface area contributed by atoms with E-state index in [1.165, 1.54) is 5.69 Å². The lowest BCUT2D eigenvalue weighted by molar-refractivity contribution is -0.133. The van der Waals surface area contributed by atoms with E-state index in [2.05, 4.69) is 66.9 Å². The van der Waals surface area contributed by atoms with Crippen molar-refractivity contribution in [2.24, 2.45) is 0 Å². The number of hydrogen-bond donors (Lipinski definition) is 1. The Balaban J connectivity index is 1.34. The summed E-state index contributed by atoms with van der Waals surface area (Å²) in [5.74, 6) is 0.262. The maximum absolute atomic E-state index is 12.7. The van der Waals surface area contributed by atoms with Crippen LogP contribution in [0.2, 0.25) is 5.02 Å². The molecule has 1 aromatic heterocycles. The molecule has 1 amide bonds. The highest BCUT2D eigenvalue weighted by Gasteiger charge is 2.29. The molecule has 3 aromatic rings. The van der Waals surface area contributed by atoms with Crippen LogP contribution >= 0.6 is 27.5 Å². The summed E-state index contributed by atoms with van der Waals surface area (Å²) in [4.78, 5) is 21.7. The highest BCUT2D eigenvalue weighted by Crippen LogP contribution is 2.32. The first-order chi connectivity index (χ1) is 15.5. The molecule has 0 unspecified atom stereocenters. The van der Waals surface area contributed by atoms with Gasteiger partial charge in [0.15, 0.2) is 0 Å². The van der Waals surface area contributed by atoms with Gasteiger partial charge in [0.25, 0.3) is 0 Å². The number of imidazole rings is 1. The van der Waals surface area contributed by atoms with Gasteiger partial charge in [-0.1, -0.05) is 33.6 Å². The van der Waals surface area contributed by atoms with E-state index in [0.29, 0.717) is 5.02 Å². The zero-order valence-corrected chi connectivity index (χ0v) is 20.4. The Kier molecular flexibility index (Phi) is 6.14. The fourth-order valence-electron chi connectivity index (χ4n) is 4.81. The number of aromatic nitrogens is 2. The molecule has 0 bridgehead atoms. The molecule has 0 radical (unpaired) electrons. The number of carbonyl (C=O) groups is 1. The van der Waals surface area contributed by atoms with Crippen LogP contribution in [0.1, 0.15) is 31.4 Å². The third-order valence-corrected chi connectivity index (χ3v) is 7.62. The fraction of sp³-hybridized carbons (Fsp3) is 0.417. The van der Waals surface area contributed by atoms with Gasteiger partial charge in [-0.2, -0.15) is 0 Å². The number of halogens is 2. The minimum atomic E-state index is 0.0148. The summed E-state index contributed by atoms with van der Waals surface area (Å²) in [5.41, 5.74) is 4.41. The van der Waals surface area contributed by atoms with Gasteiger partial charge in [0.1, 0.15) is 0 Å². The Morgan fingerprint density at radius 1 is 1.19 bits per heavy atom. The summed E-state index contributed by atoms with van der Waals surface area (Å²) < 4.78 is 3.20. The van der Waals surface area contributed by atoms with Gasteiger partial charge in [-0.3, -0.25) is 4.79 Å².